The number of pyridine rings is 1. The van der Waals surface area contributed by atoms with Crippen LogP contribution < -0.4 is 5.73 Å². The Hall–Kier alpha value is -4.26. The summed E-state index contributed by atoms with van der Waals surface area (Å²) in [6.45, 7) is 3.13. The average Bonchev–Trinajstić information content (AvgIpc) is 2.81. The van der Waals surface area contributed by atoms with Gasteiger partial charge in [0.05, 0.1) is 12.2 Å². The molecule has 4 atom stereocenters. The summed E-state index contributed by atoms with van der Waals surface area (Å²) in [5, 5.41) is 20.0. The van der Waals surface area contributed by atoms with E-state index in [0.717, 1.165) is 20.8 Å². The van der Waals surface area contributed by atoms with Crippen molar-refractivity contribution in [2.24, 2.45) is 0 Å². The molecule has 1 aliphatic rings. The lowest BCUT2D eigenvalue weighted by atomic mass is 9.96. The summed E-state index contributed by atoms with van der Waals surface area (Å²) in [5.74, 6) is -2.33. The smallest absolute Gasteiger partial charge is 0.303 e. The summed E-state index contributed by atoms with van der Waals surface area (Å²) in [6.07, 6.45) is -5.11. The van der Waals surface area contributed by atoms with E-state index in [1.165, 1.54) is 4.57 Å². The van der Waals surface area contributed by atoms with Crippen LogP contribution in [0, 0.1) is 27.3 Å². The van der Waals surface area contributed by atoms with Crippen LogP contribution in [0.15, 0.2) is 30.3 Å². The van der Waals surface area contributed by atoms with Gasteiger partial charge >= 0.3 is 17.9 Å². The predicted molar refractivity (Wildman–Crippen MR) is 126 cm³/mol. The lowest BCUT2D eigenvalue weighted by Gasteiger charge is -2.41. The molecule has 0 unspecified atom stereocenters. The molecule has 0 amide bonds. The first-order valence-corrected chi connectivity index (χ1v) is 11.1. The fourth-order valence-electron chi connectivity index (χ4n) is 4.02. The van der Waals surface area contributed by atoms with Crippen molar-refractivity contribution < 1.29 is 33.3 Å². The van der Waals surface area contributed by atoms with E-state index in [1.54, 1.807) is 30.3 Å². The number of nitrogens with zero attached hydrogens (tertiary/aromatic N) is 3. The zero-order valence-electron chi connectivity index (χ0n) is 19.6. The van der Waals surface area contributed by atoms with Crippen LogP contribution in [-0.2, 0) is 33.3 Å². The van der Waals surface area contributed by atoms with Crippen LogP contribution in [0.5, 0.6) is 0 Å². The van der Waals surface area contributed by atoms with E-state index >= 15 is 0 Å². The van der Waals surface area contributed by atoms with Crippen molar-refractivity contribution in [2.45, 2.75) is 45.3 Å². The number of carbonyl (C=O) groups is 3. The molecule has 186 valence electrons. The van der Waals surface area contributed by atoms with Gasteiger partial charge in [0.2, 0.25) is 0 Å². The van der Waals surface area contributed by atoms with Crippen LogP contribution in [0.1, 0.15) is 38.1 Å². The molecular weight excluding hydrogens is 488 g/mol. The van der Waals surface area contributed by atoms with Crippen LogP contribution in [-0.4, -0.2) is 47.4 Å². The Morgan fingerprint density at radius 1 is 0.972 bits per heavy atom. The summed E-state index contributed by atoms with van der Waals surface area (Å²) in [6, 6.07) is 12.7. The number of hydrogen-bond acceptors (Lipinski definition) is 11. The molecular formula is C24H22N4O7S. The summed E-state index contributed by atoms with van der Waals surface area (Å²) in [7, 11) is 0. The Labute approximate surface area is 211 Å². The zero-order valence-corrected chi connectivity index (χ0v) is 20.4. The number of rotatable bonds is 5. The van der Waals surface area contributed by atoms with E-state index in [4.69, 9.17) is 36.9 Å². The molecule has 2 aromatic rings. The van der Waals surface area contributed by atoms with Gasteiger partial charge in [0.25, 0.3) is 0 Å². The Bertz CT molecular complexity index is 1340. The number of nitrogens with two attached hydrogens (primary N) is 1. The number of benzene rings is 1. The third-order valence-corrected chi connectivity index (χ3v) is 5.71. The SMILES string of the molecule is CC(=O)O[C@@H]1[C@H](OC(C)=O)[C@H](OC(C)=O)CO[C@@H]1n1c(N)c(C#N)c(-c2ccccc2)c(C#N)c1=S. The summed E-state index contributed by atoms with van der Waals surface area (Å²) < 4.78 is 23.0. The highest BCUT2D eigenvalue weighted by Crippen LogP contribution is 2.38. The summed E-state index contributed by atoms with van der Waals surface area (Å²) >= 11 is 5.58. The van der Waals surface area contributed by atoms with Gasteiger partial charge in [-0.05, 0) is 5.56 Å². The van der Waals surface area contributed by atoms with Crippen molar-refractivity contribution in [2.75, 3.05) is 12.3 Å². The molecule has 2 heterocycles. The van der Waals surface area contributed by atoms with Crippen LogP contribution in [0.2, 0.25) is 0 Å². The molecule has 36 heavy (non-hydrogen) atoms. The lowest BCUT2D eigenvalue weighted by molar-refractivity contribution is -0.239. The van der Waals surface area contributed by atoms with Crippen molar-refractivity contribution >= 4 is 35.9 Å². The third-order valence-electron chi connectivity index (χ3n) is 5.31. The maximum absolute atomic E-state index is 12.0. The first kappa shape index (κ1) is 26.3. The molecule has 12 heteroatoms. The molecule has 1 aromatic carbocycles. The van der Waals surface area contributed by atoms with Gasteiger partial charge in [0, 0.05) is 26.3 Å². The quantitative estimate of drug-likeness (QED) is 0.356. The van der Waals surface area contributed by atoms with Crippen molar-refractivity contribution in [3.63, 3.8) is 0 Å². The number of hydrogen-bond donors (Lipinski definition) is 1. The van der Waals surface area contributed by atoms with E-state index in [2.05, 4.69) is 0 Å². The zero-order chi connectivity index (χ0) is 26.6. The van der Waals surface area contributed by atoms with E-state index in [9.17, 15) is 24.9 Å². The molecule has 0 saturated carbocycles. The highest BCUT2D eigenvalue weighted by molar-refractivity contribution is 7.71. The molecule has 1 fully saturated rings. The van der Waals surface area contributed by atoms with E-state index in [1.807, 2.05) is 12.1 Å². The fourth-order valence-corrected chi connectivity index (χ4v) is 4.37. The topological polar surface area (TPSA) is 167 Å². The van der Waals surface area contributed by atoms with Crippen LogP contribution in [0.25, 0.3) is 11.1 Å². The average molecular weight is 511 g/mol. The van der Waals surface area contributed by atoms with Crippen molar-refractivity contribution in [3.8, 4) is 23.3 Å². The maximum Gasteiger partial charge on any atom is 0.303 e. The van der Waals surface area contributed by atoms with Gasteiger partial charge < -0.3 is 24.7 Å². The van der Waals surface area contributed by atoms with Gasteiger partial charge in [0.1, 0.15) is 28.2 Å². The first-order chi connectivity index (χ1) is 17.1. The Kier molecular flexibility index (Phi) is 8.04. The van der Waals surface area contributed by atoms with E-state index in [-0.39, 0.29) is 33.8 Å². The molecule has 0 bridgehead atoms. The van der Waals surface area contributed by atoms with Crippen LogP contribution >= 0.6 is 12.2 Å². The lowest BCUT2D eigenvalue weighted by Crippen LogP contribution is -2.55. The Morgan fingerprint density at radius 3 is 2.06 bits per heavy atom. The van der Waals surface area contributed by atoms with Crippen LogP contribution in [0.4, 0.5) is 5.82 Å². The molecule has 1 saturated heterocycles. The highest BCUT2D eigenvalue weighted by atomic mass is 32.1. The number of ether oxygens (including phenoxy) is 4. The molecule has 11 nitrogen and oxygen atoms in total. The molecule has 0 radical (unpaired) electrons. The molecule has 2 N–H and O–H groups in total. The monoisotopic (exact) mass is 510 g/mol. The molecule has 3 rings (SSSR count). The standard InChI is InChI=1S/C24H22N4O7S/c1-12(29)33-18-11-32-23(21(35-14(3)31)20(18)34-13(2)30)28-22(27)16(9-25)19(17(10-26)24(28)36)15-7-5-4-6-8-15/h4-8,18,20-21,23H,11,27H2,1-3H3/t18-,20-,21-,23+/m1/s1. The maximum atomic E-state index is 12.0. The summed E-state index contributed by atoms with van der Waals surface area (Å²) in [4.78, 5) is 35.5. The van der Waals surface area contributed by atoms with Gasteiger partial charge in [-0.2, -0.15) is 10.5 Å². The minimum absolute atomic E-state index is 0.0294. The van der Waals surface area contributed by atoms with Crippen molar-refractivity contribution in [1.29, 1.82) is 10.5 Å². The van der Waals surface area contributed by atoms with Gasteiger partial charge in [-0.25, -0.2) is 0 Å². The molecule has 1 aliphatic heterocycles. The molecule has 1 aromatic heterocycles. The second-order valence-corrected chi connectivity index (χ2v) is 8.18. The number of esters is 3. The third kappa shape index (κ3) is 5.20. The number of nitriles is 2. The fraction of sp³-hybridized carbons (Fsp3) is 0.333. The number of aromatic nitrogens is 1. The Morgan fingerprint density at radius 2 is 1.53 bits per heavy atom. The van der Waals surface area contributed by atoms with Gasteiger partial charge in [-0.1, -0.05) is 42.5 Å². The van der Waals surface area contributed by atoms with Crippen molar-refractivity contribution in [3.05, 3.63) is 46.1 Å². The minimum atomic E-state index is -1.39. The minimum Gasteiger partial charge on any atom is -0.456 e. The highest BCUT2D eigenvalue weighted by Gasteiger charge is 2.48. The molecule has 0 aliphatic carbocycles. The second-order valence-electron chi connectivity index (χ2n) is 7.79. The second kappa shape index (κ2) is 11.0. The predicted octanol–water partition coefficient (Wildman–Crippen LogP) is 2.53. The van der Waals surface area contributed by atoms with Gasteiger partial charge in [-0.15, -0.1) is 0 Å². The van der Waals surface area contributed by atoms with E-state index in [0.29, 0.717) is 5.56 Å². The van der Waals surface area contributed by atoms with E-state index < -0.39 is 42.4 Å². The van der Waals surface area contributed by atoms with Crippen molar-refractivity contribution in [1.82, 2.24) is 4.57 Å². The normalized spacial score (nSPS) is 20.9. The van der Waals surface area contributed by atoms with Crippen LogP contribution in [0.3, 0.4) is 0 Å². The Balaban J connectivity index is 2.27. The summed E-state index contributed by atoms with van der Waals surface area (Å²) in [5.41, 5.74) is 7.10. The molecule has 0 spiro atoms. The first-order valence-electron chi connectivity index (χ1n) is 10.7. The van der Waals surface area contributed by atoms with Gasteiger partial charge in [0.15, 0.2) is 24.5 Å². The largest absolute Gasteiger partial charge is 0.456 e. The van der Waals surface area contributed by atoms with Gasteiger partial charge in [-0.3, -0.25) is 19.0 Å². The number of nitrogen functional groups attached to an aromatic ring is 1. The number of anilines is 1. The number of carbonyl (C=O) groups excluding carboxylic acids is 3.